The van der Waals surface area contributed by atoms with Gasteiger partial charge >= 0.3 is 5.95 Å². The van der Waals surface area contributed by atoms with Crippen LogP contribution in [0.3, 0.4) is 0 Å². The second-order valence-corrected chi connectivity index (χ2v) is 9.46. The van der Waals surface area contributed by atoms with Gasteiger partial charge in [0.05, 0.1) is 27.4 Å². The van der Waals surface area contributed by atoms with Crippen molar-refractivity contribution in [2.75, 3.05) is 33.2 Å². The van der Waals surface area contributed by atoms with Gasteiger partial charge in [0.15, 0.2) is 23.8 Å². The van der Waals surface area contributed by atoms with Gasteiger partial charge in [-0.3, -0.25) is 10.5 Å². The summed E-state index contributed by atoms with van der Waals surface area (Å²) >= 11 is 0. The van der Waals surface area contributed by atoms with Crippen LogP contribution in [0.15, 0.2) is 24.3 Å². The van der Waals surface area contributed by atoms with Crippen LogP contribution in [0.5, 0.6) is 23.1 Å². The molecule has 200 valence electrons. The van der Waals surface area contributed by atoms with Gasteiger partial charge in [-0.25, -0.2) is 0 Å². The van der Waals surface area contributed by atoms with Crippen LogP contribution < -0.4 is 29.4 Å². The maximum Gasteiger partial charge on any atom is 0.401 e. The largest absolute Gasteiger partial charge is 0.493 e. The van der Waals surface area contributed by atoms with Crippen LogP contribution in [0.25, 0.3) is 5.65 Å². The van der Waals surface area contributed by atoms with E-state index < -0.39 is 0 Å². The molecule has 1 aliphatic carbocycles. The highest BCUT2D eigenvalue weighted by Gasteiger charge is 2.24. The number of rotatable bonds is 13. The number of ketones is 1. The number of unbranched alkanes of at least 4 members (excludes halogenated alkanes) is 2. The van der Waals surface area contributed by atoms with Crippen molar-refractivity contribution < 1.29 is 28.4 Å². The van der Waals surface area contributed by atoms with Crippen molar-refractivity contribution in [2.24, 2.45) is 5.92 Å². The molecule has 4 rings (SSSR count). The summed E-state index contributed by atoms with van der Waals surface area (Å²) < 4.78 is 25.9. The predicted octanol–water partition coefficient (Wildman–Crippen LogP) is 4.03. The number of benzene rings is 1. The summed E-state index contributed by atoms with van der Waals surface area (Å²) in [6, 6.07) is 6.89. The molecular formula is C27H38N5O5+. The number of methoxy groups -OCH3 is 2. The third-order valence-corrected chi connectivity index (χ3v) is 6.75. The van der Waals surface area contributed by atoms with Crippen molar-refractivity contribution in [2.45, 2.75) is 64.8 Å². The first-order valence-corrected chi connectivity index (χ1v) is 13.1. The van der Waals surface area contributed by atoms with Crippen molar-refractivity contribution in [3.8, 4) is 23.1 Å². The highest BCUT2D eigenvalue weighted by Crippen LogP contribution is 2.39. The number of nitrogens with two attached hydrogens (primary N) is 1. The van der Waals surface area contributed by atoms with Gasteiger partial charge in [0.25, 0.3) is 5.65 Å². The fraction of sp³-hybridized carbons (Fsp3) is 0.556. The average Bonchev–Trinajstić information content (AvgIpc) is 3.24. The molecule has 10 nitrogen and oxygen atoms in total. The van der Waals surface area contributed by atoms with Crippen molar-refractivity contribution in [3.63, 3.8) is 0 Å². The summed E-state index contributed by atoms with van der Waals surface area (Å²) in [5, 5.41) is 8.88. The number of nitrogens with zero attached hydrogens (tertiary/aromatic N) is 4. The summed E-state index contributed by atoms with van der Waals surface area (Å²) in [7, 11) is 3.11. The molecule has 0 unspecified atom stereocenters. The number of aromatic nitrogens is 4. The molecule has 1 fully saturated rings. The summed E-state index contributed by atoms with van der Waals surface area (Å²) in [6.07, 6.45) is 9.22. The lowest BCUT2D eigenvalue weighted by Crippen LogP contribution is -2.42. The van der Waals surface area contributed by atoms with Crippen LogP contribution in [0, 0.1) is 5.92 Å². The summed E-state index contributed by atoms with van der Waals surface area (Å²) in [6.45, 7) is 3.24. The van der Waals surface area contributed by atoms with E-state index in [2.05, 4.69) is 17.1 Å². The van der Waals surface area contributed by atoms with Crippen molar-refractivity contribution in [1.29, 1.82) is 0 Å². The fourth-order valence-corrected chi connectivity index (χ4v) is 4.64. The van der Waals surface area contributed by atoms with Crippen LogP contribution in [0.2, 0.25) is 0 Å². The zero-order valence-corrected chi connectivity index (χ0v) is 22.1. The molecule has 2 heterocycles. The molecule has 10 heteroatoms. The van der Waals surface area contributed by atoms with Crippen LogP contribution in [-0.2, 0) is 6.54 Å². The highest BCUT2D eigenvalue weighted by molar-refractivity contribution is 5.96. The molecule has 0 bridgehead atoms. The molecule has 0 saturated heterocycles. The first kappa shape index (κ1) is 26.5. The summed E-state index contributed by atoms with van der Waals surface area (Å²) in [5.41, 5.74) is 7.24. The smallest absolute Gasteiger partial charge is 0.401 e. The maximum atomic E-state index is 13.3. The molecule has 1 aromatic carbocycles. The Hall–Kier alpha value is -3.56. The van der Waals surface area contributed by atoms with Crippen LogP contribution in [-0.4, -0.2) is 47.9 Å². The Morgan fingerprint density at radius 1 is 1.08 bits per heavy atom. The topological polar surface area (TPSA) is 114 Å². The Kier molecular flexibility index (Phi) is 9.03. The van der Waals surface area contributed by atoms with E-state index in [0.717, 1.165) is 32.1 Å². The number of carbonyl (C=O) groups excluding carboxylic acids is 1. The summed E-state index contributed by atoms with van der Waals surface area (Å²) in [4.78, 5) is 13.3. The molecule has 2 aromatic heterocycles. The van der Waals surface area contributed by atoms with Gasteiger partial charge in [-0.2, -0.15) is 0 Å². The van der Waals surface area contributed by atoms with Gasteiger partial charge < -0.3 is 18.9 Å². The minimum Gasteiger partial charge on any atom is -0.493 e. The Morgan fingerprint density at radius 2 is 1.86 bits per heavy atom. The van der Waals surface area contributed by atoms with E-state index in [9.17, 15) is 4.79 Å². The Bertz CT molecular complexity index is 1210. The molecule has 37 heavy (non-hydrogen) atoms. The number of carbonyl (C=O) groups is 1. The first-order valence-electron chi connectivity index (χ1n) is 13.1. The molecule has 0 amide bonds. The zero-order chi connectivity index (χ0) is 26.2. The fourth-order valence-electron chi connectivity index (χ4n) is 4.64. The molecule has 1 saturated carbocycles. The number of hydrogen-bond donors (Lipinski definition) is 1. The SMILES string of the molecule is CCCCCOc1ccc2n[n+](CC(=O)c3cc(OC)c(OC)c(OCC4CCCCC4)c3)c(N)n2n1. The standard InChI is InChI=1S/C27H37N5O5/c1-4-5-9-14-36-25-13-12-24-29-31(27(28)32(24)30-25)17-21(33)20-15-22(34-2)26(35-3)23(16-20)37-18-19-10-7-6-8-11-19/h12-13,15-16,19,28H,4-11,14,17-18H2,1-3H3/p+1. The van der Waals surface area contributed by atoms with Gasteiger partial charge in [0.2, 0.25) is 11.6 Å². The molecule has 1 aliphatic rings. The Balaban J connectivity index is 1.51. The predicted molar refractivity (Wildman–Crippen MR) is 139 cm³/mol. The average molecular weight is 513 g/mol. The zero-order valence-electron chi connectivity index (χ0n) is 22.1. The maximum absolute atomic E-state index is 13.3. The number of Topliss-reactive ketones (excluding diaryl/α,β-unsaturated/α-hetero) is 1. The van der Waals surface area contributed by atoms with E-state index in [4.69, 9.17) is 24.7 Å². The van der Waals surface area contributed by atoms with Gasteiger partial charge in [0.1, 0.15) is 0 Å². The van der Waals surface area contributed by atoms with E-state index in [-0.39, 0.29) is 18.3 Å². The lowest BCUT2D eigenvalue weighted by atomic mass is 9.90. The third kappa shape index (κ3) is 6.42. The van der Waals surface area contributed by atoms with E-state index >= 15 is 0 Å². The molecule has 0 atom stereocenters. The van der Waals surface area contributed by atoms with Crippen LogP contribution in [0.4, 0.5) is 5.95 Å². The summed E-state index contributed by atoms with van der Waals surface area (Å²) in [5.74, 6) is 2.42. The normalized spacial score (nSPS) is 14.0. The third-order valence-electron chi connectivity index (χ3n) is 6.75. The Labute approximate surface area is 217 Å². The minimum absolute atomic E-state index is 0.0700. The molecular weight excluding hydrogens is 474 g/mol. The second kappa shape index (κ2) is 12.6. The number of hydrogen-bond acceptors (Lipinski definition) is 8. The van der Waals surface area contributed by atoms with E-state index in [1.807, 2.05) is 0 Å². The second-order valence-electron chi connectivity index (χ2n) is 9.46. The number of fused-ring (bicyclic) bond motifs is 1. The first-order chi connectivity index (χ1) is 18.0. The molecule has 2 N–H and O–H groups in total. The minimum atomic E-state index is -0.195. The number of nitrogen functional groups attached to an aromatic ring is 1. The molecule has 3 aromatic rings. The highest BCUT2D eigenvalue weighted by atomic mass is 16.5. The molecule has 0 aliphatic heterocycles. The van der Waals surface area contributed by atoms with Gasteiger partial charge in [-0.1, -0.05) is 53.7 Å². The monoisotopic (exact) mass is 512 g/mol. The van der Waals surface area contributed by atoms with Gasteiger partial charge in [0, 0.05) is 17.7 Å². The Morgan fingerprint density at radius 3 is 2.59 bits per heavy atom. The molecule has 0 spiro atoms. The van der Waals surface area contributed by atoms with E-state index in [0.29, 0.717) is 53.5 Å². The van der Waals surface area contributed by atoms with E-state index in [1.54, 1.807) is 38.5 Å². The van der Waals surface area contributed by atoms with Crippen LogP contribution >= 0.6 is 0 Å². The number of anilines is 1. The van der Waals surface area contributed by atoms with Gasteiger partial charge in [-0.15, -0.1) is 4.68 Å². The van der Waals surface area contributed by atoms with Crippen LogP contribution in [0.1, 0.15) is 68.6 Å². The van der Waals surface area contributed by atoms with Gasteiger partial charge in [-0.05, 0) is 37.3 Å². The van der Waals surface area contributed by atoms with Crippen molar-refractivity contribution in [1.82, 2.24) is 14.7 Å². The van der Waals surface area contributed by atoms with Crippen molar-refractivity contribution >= 4 is 17.4 Å². The van der Waals surface area contributed by atoms with Crippen molar-refractivity contribution in [3.05, 3.63) is 29.8 Å². The number of ether oxygens (including phenoxy) is 4. The lowest BCUT2D eigenvalue weighted by Gasteiger charge is -2.23. The van der Waals surface area contributed by atoms with E-state index in [1.165, 1.54) is 28.5 Å². The molecule has 0 radical (unpaired) electrons. The lowest BCUT2D eigenvalue weighted by molar-refractivity contribution is -0.723. The quantitative estimate of drug-likeness (QED) is 0.207.